The van der Waals surface area contributed by atoms with Crippen molar-refractivity contribution in [1.29, 1.82) is 0 Å². The van der Waals surface area contributed by atoms with Crippen LogP contribution in [0.25, 0.3) is 0 Å². The van der Waals surface area contributed by atoms with Gasteiger partial charge in [0, 0.05) is 13.2 Å². The largest absolute Gasteiger partial charge is 0.396 e. The van der Waals surface area contributed by atoms with Gasteiger partial charge in [-0.25, -0.2) is 4.39 Å². The summed E-state index contributed by atoms with van der Waals surface area (Å²) >= 11 is 0. The second-order valence-electron chi connectivity index (χ2n) is 6.31. The molecule has 1 unspecified atom stereocenters. The average molecular weight is 322 g/mol. The molecule has 23 heavy (non-hydrogen) atoms. The maximum absolute atomic E-state index is 13.1. The van der Waals surface area contributed by atoms with Gasteiger partial charge in [0.05, 0.1) is 12.6 Å². The number of amides is 1. The Bertz CT molecular complexity index is 498. The zero-order valence-electron chi connectivity index (χ0n) is 14.0. The molecule has 5 heteroatoms. The highest BCUT2D eigenvalue weighted by atomic mass is 19.1. The van der Waals surface area contributed by atoms with E-state index in [1.807, 2.05) is 18.7 Å². The number of benzene rings is 1. The van der Waals surface area contributed by atoms with Crippen LogP contribution < -0.4 is 0 Å². The van der Waals surface area contributed by atoms with Gasteiger partial charge in [-0.3, -0.25) is 9.69 Å². The Morgan fingerprint density at radius 2 is 1.96 bits per heavy atom. The normalized spacial score (nSPS) is 17.9. The molecule has 1 atom stereocenters. The summed E-state index contributed by atoms with van der Waals surface area (Å²) in [4.78, 5) is 16.6. The average Bonchev–Trinajstić information content (AvgIpc) is 2.56. The van der Waals surface area contributed by atoms with Gasteiger partial charge in [-0.15, -0.1) is 0 Å². The van der Waals surface area contributed by atoms with Crippen LogP contribution in [0.2, 0.25) is 0 Å². The van der Waals surface area contributed by atoms with E-state index in [1.165, 1.54) is 12.1 Å². The fourth-order valence-electron chi connectivity index (χ4n) is 3.20. The summed E-state index contributed by atoms with van der Waals surface area (Å²) in [5, 5.41) is 9.18. The van der Waals surface area contributed by atoms with E-state index in [4.69, 9.17) is 0 Å². The Hall–Kier alpha value is -1.46. The number of rotatable bonds is 6. The molecule has 1 aromatic carbocycles. The second-order valence-corrected chi connectivity index (χ2v) is 6.31. The van der Waals surface area contributed by atoms with E-state index in [2.05, 4.69) is 4.90 Å². The van der Waals surface area contributed by atoms with Crippen molar-refractivity contribution in [3.8, 4) is 0 Å². The molecular weight excluding hydrogens is 295 g/mol. The lowest BCUT2D eigenvalue weighted by molar-refractivity contribution is -0.134. The number of carbonyl (C=O) groups excluding carboxylic acids is 1. The Morgan fingerprint density at radius 1 is 1.35 bits per heavy atom. The lowest BCUT2D eigenvalue weighted by atomic mass is 9.98. The molecule has 1 N–H and O–H groups in total. The van der Waals surface area contributed by atoms with E-state index < -0.39 is 0 Å². The maximum atomic E-state index is 13.1. The van der Waals surface area contributed by atoms with Crippen molar-refractivity contribution in [1.82, 2.24) is 9.80 Å². The molecule has 1 heterocycles. The summed E-state index contributed by atoms with van der Waals surface area (Å²) in [5.41, 5.74) is 0.945. The molecule has 0 aliphatic carbocycles. The number of hydrogen-bond acceptors (Lipinski definition) is 3. The first-order chi connectivity index (χ1) is 11.0. The molecule has 4 nitrogen and oxygen atoms in total. The second kappa shape index (κ2) is 8.41. The van der Waals surface area contributed by atoms with Gasteiger partial charge in [-0.1, -0.05) is 12.1 Å². The third-order valence-corrected chi connectivity index (χ3v) is 4.81. The molecule has 0 aromatic heterocycles. The highest BCUT2D eigenvalue weighted by molar-refractivity contribution is 5.78. The minimum atomic E-state index is -0.262. The van der Waals surface area contributed by atoms with Crippen molar-refractivity contribution >= 4 is 5.91 Å². The third kappa shape index (κ3) is 4.75. The van der Waals surface area contributed by atoms with Crippen molar-refractivity contribution in [2.45, 2.75) is 32.7 Å². The third-order valence-electron chi connectivity index (χ3n) is 4.81. The van der Waals surface area contributed by atoms with Crippen LogP contribution in [0.1, 0.15) is 38.3 Å². The standard InChI is InChI=1S/C18H27FN2O2/c1-3-21(14(2)16-4-6-17(19)7-5-16)18(23)12-20-10-8-15(13-22)9-11-20/h4-7,14-15,22H,3,8-13H2,1-2H3. The monoisotopic (exact) mass is 322 g/mol. The van der Waals surface area contributed by atoms with Crippen LogP contribution in [0.15, 0.2) is 24.3 Å². The molecule has 0 bridgehead atoms. The van der Waals surface area contributed by atoms with E-state index in [9.17, 15) is 14.3 Å². The van der Waals surface area contributed by atoms with Gasteiger partial charge in [0.1, 0.15) is 5.82 Å². The lowest BCUT2D eigenvalue weighted by Gasteiger charge is -2.34. The topological polar surface area (TPSA) is 43.8 Å². The van der Waals surface area contributed by atoms with Crippen molar-refractivity contribution in [3.05, 3.63) is 35.6 Å². The molecule has 1 aromatic rings. The maximum Gasteiger partial charge on any atom is 0.237 e. The van der Waals surface area contributed by atoms with Gasteiger partial charge in [0.15, 0.2) is 0 Å². The smallest absolute Gasteiger partial charge is 0.237 e. The Morgan fingerprint density at radius 3 is 2.48 bits per heavy atom. The molecule has 0 radical (unpaired) electrons. The van der Waals surface area contributed by atoms with Crippen LogP contribution in [-0.2, 0) is 4.79 Å². The minimum absolute atomic E-state index is 0.0666. The van der Waals surface area contributed by atoms with Gasteiger partial charge in [0.25, 0.3) is 0 Å². The zero-order valence-corrected chi connectivity index (χ0v) is 14.0. The van der Waals surface area contributed by atoms with E-state index in [1.54, 1.807) is 12.1 Å². The summed E-state index contributed by atoms with van der Waals surface area (Å²) in [6.45, 7) is 6.95. The zero-order chi connectivity index (χ0) is 16.8. The Balaban J connectivity index is 1.94. The molecule has 128 valence electrons. The highest BCUT2D eigenvalue weighted by Gasteiger charge is 2.24. The van der Waals surface area contributed by atoms with Crippen molar-refractivity contribution in [2.24, 2.45) is 5.92 Å². The van der Waals surface area contributed by atoms with Crippen molar-refractivity contribution in [2.75, 3.05) is 32.8 Å². The van der Waals surface area contributed by atoms with Crippen molar-refractivity contribution in [3.63, 3.8) is 0 Å². The molecule has 0 saturated carbocycles. The molecule has 2 rings (SSSR count). The summed E-state index contributed by atoms with van der Waals surface area (Å²) in [5.74, 6) is 0.218. The van der Waals surface area contributed by atoms with Gasteiger partial charge < -0.3 is 10.0 Å². The van der Waals surface area contributed by atoms with E-state index in [-0.39, 0.29) is 24.4 Å². The van der Waals surface area contributed by atoms with E-state index >= 15 is 0 Å². The minimum Gasteiger partial charge on any atom is -0.396 e. The number of likely N-dealkylation sites (tertiary alicyclic amines) is 1. The first-order valence-corrected chi connectivity index (χ1v) is 8.43. The highest BCUT2D eigenvalue weighted by Crippen LogP contribution is 2.22. The molecule has 1 aliphatic heterocycles. The van der Waals surface area contributed by atoms with Crippen LogP contribution in [0.5, 0.6) is 0 Å². The van der Waals surface area contributed by atoms with Crippen LogP contribution in [0, 0.1) is 11.7 Å². The first-order valence-electron chi connectivity index (χ1n) is 8.43. The predicted molar refractivity (Wildman–Crippen MR) is 88.5 cm³/mol. The molecule has 1 aliphatic rings. The van der Waals surface area contributed by atoms with Gasteiger partial charge >= 0.3 is 0 Å². The van der Waals surface area contributed by atoms with Crippen LogP contribution in [0.4, 0.5) is 4.39 Å². The Labute approximate surface area is 137 Å². The lowest BCUT2D eigenvalue weighted by Crippen LogP contribution is -2.44. The number of aliphatic hydroxyl groups is 1. The van der Waals surface area contributed by atoms with E-state index in [0.717, 1.165) is 31.5 Å². The molecule has 1 fully saturated rings. The van der Waals surface area contributed by atoms with Gasteiger partial charge in [0.2, 0.25) is 5.91 Å². The molecular formula is C18H27FN2O2. The van der Waals surface area contributed by atoms with Crippen LogP contribution >= 0.6 is 0 Å². The van der Waals surface area contributed by atoms with E-state index in [0.29, 0.717) is 19.0 Å². The van der Waals surface area contributed by atoms with Gasteiger partial charge in [-0.2, -0.15) is 0 Å². The summed E-state index contributed by atoms with van der Waals surface area (Å²) in [6.07, 6.45) is 1.90. The molecule has 1 saturated heterocycles. The van der Waals surface area contributed by atoms with Crippen molar-refractivity contribution < 1.29 is 14.3 Å². The Kier molecular flexibility index (Phi) is 6.54. The number of likely N-dealkylation sites (N-methyl/N-ethyl adjacent to an activating group) is 1. The number of aliphatic hydroxyl groups excluding tert-OH is 1. The number of piperidine rings is 1. The molecule has 1 amide bonds. The predicted octanol–water partition coefficient (Wildman–Crippen LogP) is 2.44. The summed E-state index contributed by atoms with van der Waals surface area (Å²) in [7, 11) is 0. The fourth-order valence-corrected chi connectivity index (χ4v) is 3.20. The fraction of sp³-hybridized carbons (Fsp3) is 0.611. The van der Waals surface area contributed by atoms with Crippen LogP contribution in [-0.4, -0.2) is 53.6 Å². The van der Waals surface area contributed by atoms with Gasteiger partial charge in [-0.05, 0) is 63.4 Å². The quantitative estimate of drug-likeness (QED) is 0.875. The summed E-state index contributed by atoms with van der Waals surface area (Å²) in [6, 6.07) is 6.28. The number of hydrogen-bond donors (Lipinski definition) is 1. The first kappa shape index (κ1) is 17.9. The SMILES string of the molecule is CCN(C(=O)CN1CCC(CO)CC1)C(C)c1ccc(F)cc1. The number of carbonyl (C=O) groups is 1. The number of halogens is 1. The molecule has 0 spiro atoms. The van der Waals surface area contributed by atoms with Crippen LogP contribution in [0.3, 0.4) is 0 Å². The summed E-state index contributed by atoms with van der Waals surface area (Å²) < 4.78 is 13.1. The number of nitrogens with zero attached hydrogens (tertiary/aromatic N) is 2.